The lowest BCUT2D eigenvalue weighted by Gasteiger charge is -2.06. The first-order valence-electron chi connectivity index (χ1n) is 5.82. The summed E-state index contributed by atoms with van der Waals surface area (Å²) in [6, 6.07) is 10.8. The Kier molecular flexibility index (Phi) is 4.87. The van der Waals surface area contributed by atoms with Crippen LogP contribution in [0.5, 0.6) is 0 Å². The molecule has 2 rings (SSSR count). The van der Waals surface area contributed by atoms with Gasteiger partial charge in [0.15, 0.2) is 0 Å². The van der Waals surface area contributed by atoms with E-state index in [4.69, 9.17) is 17.3 Å². The quantitative estimate of drug-likeness (QED) is 0.692. The van der Waals surface area contributed by atoms with E-state index in [2.05, 4.69) is 9.72 Å². The third kappa shape index (κ3) is 3.65. The van der Waals surface area contributed by atoms with Crippen molar-refractivity contribution < 1.29 is 9.53 Å². The van der Waals surface area contributed by atoms with E-state index in [0.717, 1.165) is 5.56 Å². The molecule has 1 aromatic heterocycles. The normalized spacial score (nSPS) is 10.3. The molecular weight excluding hydrogens is 296 g/mol. The van der Waals surface area contributed by atoms with Gasteiger partial charge in [-0.05, 0) is 29.8 Å². The molecule has 2 aromatic rings. The van der Waals surface area contributed by atoms with Crippen molar-refractivity contribution in [1.82, 2.24) is 4.98 Å². The average Bonchev–Trinajstić information content (AvgIpc) is 2.47. The Labute approximate surface area is 126 Å². The molecule has 1 heterocycles. The molecule has 104 valence electrons. The number of ether oxygens (including phenoxy) is 1. The molecule has 0 saturated heterocycles. The average molecular weight is 309 g/mol. The van der Waals surface area contributed by atoms with Gasteiger partial charge in [-0.15, -0.1) is 0 Å². The van der Waals surface area contributed by atoms with Crippen LogP contribution in [0.2, 0.25) is 5.02 Å². The molecule has 0 fully saturated rings. The third-order valence-corrected chi connectivity index (χ3v) is 3.90. The maximum absolute atomic E-state index is 11.4. The second-order valence-corrected chi connectivity index (χ2v) is 5.40. The number of nitrogen functional groups attached to an aromatic ring is 1. The van der Waals surface area contributed by atoms with E-state index in [-0.39, 0.29) is 5.69 Å². The molecule has 0 saturated carbocycles. The molecular formula is C14H13ClN2O2S. The Morgan fingerprint density at radius 3 is 2.65 bits per heavy atom. The van der Waals surface area contributed by atoms with Crippen molar-refractivity contribution in [3.63, 3.8) is 0 Å². The molecule has 0 bridgehead atoms. The number of esters is 1. The molecule has 0 amide bonds. The molecule has 6 heteroatoms. The first-order chi connectivity index (χ1) is 9.60. The molecule has 20 heavy (non-hydrogen) atoms. The number of nitrogens with zero attached hydrogens (tertiary/aromatic N) is 1. The fourth-order valence-electron chi connectivity index (χ4n) is 1.52. The highest BCUT2D eigenvalue weighted by Crippen LogP contribution is 2.27. The number of rotatable bonds is 4. The number of thioether (sulfide) groups is 1. The van der Waals surface area contributed by atoms with Crippen LogP contribution in [-0.2, 0) is 10.5 Å². The number of anilines is 1. The van der Waals surface area contributed by atoms with E-state index in [1.807, 2.05) is 24.3 Å². The van der Waals surface area contributed by atoms with Gasteiger partial charge in [-0.3, -0.25) is 0 Å². The van der Waals surface area contributed by atoms with Crippen LogP contribution in [0.3, 0.4) is 0 Å². The second kappa shape index (κ2) is 6.63. The molecule has 0 aliphatic carbocycles. The smallest absolute Gasteiger partial charge is 0.356 e. The van der Waals surface area contributed by atoms with Gasteiger partial charge in [-0.25, -0.2) is 9.78 Å². The van der Waals surface area contributed by atoms with Crippen molar-refractivity contribution in [1.29, 1.82) is 0 Å². The third-order valence-electron chi connectivity index (χ3n) is 2.57. The van der Waals surface area contributed by atoms with Gasteiger partial charge in [0.25, 0.3) is 0 Å². The van der Waals surface area contributed by atoms with E-state index >= 15 is 0 Å². The summed E-state index contributed by atoms with van der Waals surface area (Å²) in [5, 5.41) is 1.31. The number of carbonyl (C=O) groups excluding carboxylic acids is 1. The summed E-state index contributed by atoms with van der Waals surface area (Å²) >= 11 is 7.30. The van der Waals surface area contributed by atoms with Gasteiger partial charge in [0.05, 0.1) is 12.8 Å². The largest absolute Gasteiger partial charge is 0.464 e. The van der Waals surface area contributed by atoms with Crippen LogP contribution in [0.4, 0.5) is 5.69 Å². The minimum absolute atomic E-state index is 0.250. The number of hydrogen-bond donors (Lipinski definition) is 1. The number of hydrogen-bond acceptors (Lipinski definition) is 5. The van der Waals surface area contributed by atoms with Gasteiger partial charge < -0.3 is 10.5 Å². The predicted molar refractivity (Wildman–Crippen MR) is 81.0 cm³/mol. The molecule has 0 aliphatic heterocycles. The van der Waals surface area contributed by atoms with Crippen LogP contribution in [0, 0.1) is 0 Å². The molecule has 1 aromatic carbocycles. The van der Waals surface area contributed by atoms with E-state index in [9.17, 15) is 4.79 Å². The zero-order chi connectivity index (χ0) is 14.5. The molecule has 0 atom stereocenters. The summed E-state index contributed by atoms with van der Waals surface area (Å²) in [6.07, 6.45) is 0. The minimum atomic E-state index is -0.474. The highest BCUT2D eigenvalue weighted by Gasteiger charge is 2.10. The van der Waals surface area contributed by atoms with Crippen LogP contribution < -0.4 is 5.73 Å². The lowest BCUT2D eigenvalue weighted by molar-refractivity contribution is 0.0593. The number of halogens is 1. The number of methoxy groups -OCH3 is 1. The Bertz CT molecular complexity index is 617. The first kappa shape index (κ1) is 14.7. The summed E-state index contributed by atoms with van der Waals surface area (Å²) < 4.78 is 4.64. The number of pyridine rings is 1. The zero-order valence-electron chi connectivity index (χ0n) is 10.8. The van der Waals surface area contributed by atoms with Gasteiger partial charge in [0, 0.05) is 10.8 Å². The van der Waals surface area contributed by atoms with E-state index in [0.29, 0.717) is 21.5 Å². The van der Waals surface area contributed by atoms with Crippen molar-refractivity contribution in [3.8, 4) is 0 Å². The molecule has 0 spiro atoms. The molecule has 4 nitrogen and oxygen atoms in total. The van der Waals surface area contributed by atoms with Crippen molar-refractivity contribution in [3.05, 3.63) is 52.7 Å². The summed E-state index contributed by atoms with van der Waals surface area (Å²) in [5.74, 6) is 0.220. The van der Waals surface area contributed by atoms with Crippen molar-refractivity contribution in [2.75, 3.05) is 12.8 Å². The molecule has 2 N–H and O–H groups in total. The van der Waals surface area contributed by atoms with E-state index in [1.54, 1.807) is 12.1 Å². The van der Waals surface area contributed by atoms with Gasteiger partial charge in [0.2, 0.25) is 0 Å². The fraction of sp³-hybridized carbons (Fsp3) is 0.143. The van der Waals surface area contributed by atoms with Gasteiger partial charge in [0.1, 0.15) is 10.7 Å². The van der Waals surface area contributed by atoms with E-state index in [1.165, 1.54) is 18.9 Å². The van der Waals surface area contributed by atoms with Crippen molar-refractivity contribution in [2.24, 2.45) is 0 Å². The lowest BCUT2D eigenvalue weighted by Crippen LogP contribution is -2.06. The highest BCUT2D eigenvalue weighted by molar-refractivity contribution is 7.98. The molecule has 0 unspecified atom stereocenters. The molecule has 0 radical (unpaired) electrons. The fourth-order valence-corrected chi connectivity index (χ4v) is 2.54. The SMILES string of the molecule is COC(=O)c1ccc(N)c(SCc2ccc(Cl)cc2)n1. The zero-order valence-corrected chi connectivity index (χ0v) is 12.4. The lowest BCUT2D eigenvalue weighted by atomic mass is 10.2. The Hall–Kier alpha value is -1.72. The van der Waals surface area contributed by atoms with Crippen molar-refractivity contribution in [2.45, 2.75) is 10.8 Å². The number of benzene rings is 1. The van der Waals surface area contributed by atoms with Crippen molar-refractivity contribution >= 4 is 35.0 Å². The monoisotopic (exact) mass is 308 g/mol. The standard InChI is InChI=1S/C14H13ClN2O2S/c1-19-14(18)12-7-6-11(16)13(17-12)20-8-9-2-4-10(15)5-3-9/h2-7H,8,16H2,1H3. The van der Waals surface area contributed by atoms with Gasteiger partial charge in [-0.1, -0.05) is 35.5 Å². The summed E-state index contributed by atoms with van der Waals surface area (Å²) in [7, 11) is 1.32. The number of nitrogens with two attached hydrogens (primary N) is 1. The van der Waals surface area contributed by atoms with Crippen LogP contribution in [0.15, 0.2) is 41.4 Å². The van der Waals surface area contributed by atoms with Crippen LogP contribution in [-0.4, -0.2) is 18.1 Å². The minimum Gasteiger partial charge on any atom is -0.464 e. The molecule has 0 aliphatic rings. The second-order valence-electron chi connectivity index (χ2n) is 4.00. The summed E-state index contributed by atoms with van der Waals surface area (Å²) in [5.41, 5.74) is 7.75. The number of carbonyl (C=O) groups is 1. The van der Waals surface area contributed by atoms with Crippen LogP contribution in [0.25, 0.3) is 0 Å². The predicted octanol–water partition coefficient (Wildman–Crippen LogP) is 3.40. The summed E-state index contributed by atoms with van der Waals surface area (Å²) in [6.45, 7) is 0. The Balaban J connectivity index is 2.12. The topological polar surface area (TPSA) is 65.2 Å². The first-order valence-corrected chi connectivity index (χ1v) is 7.18. The van der Waals surface area contributed by atoms with Crippen LogP contribution in [0.1, 0.15) is 16.1 Å². The van der Waals surface area contributed by atoms with Crippen LogP contribution >= 0.6 is 23.4 Å². The van der Waals surface area contributed by atoms with Gasteiger partial charge >= 0.3 is 5.97 Å². The van der Waals surface area contributed by atoms with Gasteiger partial charge in [-0.2, -0.15) is 0 Å². The summed E-state index contributed by atoms with van der Waals surface area (Å²) in [4.78, 5) is 15.7. The Morgan fingerprint density at radius 1 is 1.30 bits per heavy atom. The highest BCUT2D eigenvalue weighted by atomic mass is 35.5. The van der Waals surface area contributed by atoms with E-state index < -0.39 is 5.97 Å². The number of aromatic nitrogens is 1. The maximum Gasteiger partial charge on any atom is 0.356 e. The Morgan fingerprint density at radius 2 is 2.00 bits per heavy atom. The maximum atomic E-state index is 11.4.